The number of esters is 2. The predicted molar refractivity (Wildman–Crippen MR) is 123 cm³/mol. The molecule has 0 aromatic rings. The Labute approximate surface area is 196 Å². The van der Waals surface area contributed by atoms with Crippen molar-refractivity contribution in [3.8, 4) is 0 Å². The van der Waals surface area contributed by atoms with Gasteiger partial charge in [-0.25, -0.2) is 0 Å². The highest BCUT2D eigenvalue weighted by Gasteiger charge is 2.38. The smallest absolute Gasteiger partial charge is 0.317 e. The van der Waals surface area contributed by atoms with E-state index in [-0.39, 0.29) is 42.2 Å². The highest BCUT2D eigenvalue weighted by Crippen LogP contribution is 2.33. The molecule has 32 heavy (non-hydrogen) atoms. The molecule has 0 saturated heterocycles. The summed E-state index contributed by atoms with van der Waals surface area (Å²) in [6, 6.07) is 0. The van der Waals surface area contributed by atoms with Gasteiger partial charge in [-0.05, 0) is 30.9 Å². The van der Waals surface area contributed by atoms with E-state index in [0.717, 1.165) is 6.42 Å². The van der Waals surface area contributed by atoms with E-state index in [4.69, 9.17) is 25.9 Å². The first-order valence-electron chi connectivity index (χ1n) is 10.6. The van der Waals surface area contributed by atoms with Crippen LogP contribution in [0.5, 0.6) is 0 Å². The summed E-state index contributed by atoms with van der Waals surface area (Å²) in [4.78, 5) is 42.5. The van der Waals surface area contributed by atoms with E-state index in [2.05, 4.69) is 5.16 Å². The number of ketones is 1. The second-order valence-corrected chi connectivity index (χ2v) is 9.79. The molecule has 0 N–H and O–H groups in total. The predicted octanol–water partition coefficient (Wildman–Crippen LogP) is 3.65. The molecule has 1 rings (SSSR count). The van der Waals surface area contributed by atoms with Gasteiger partial charge in [0.15, 0.2) is 11.5 Å². The minimum atomic E-state index is -1.05. The third-order valence-corrected chi connectivity index (χ3v) is 6.80. The lowest BCUT2D eigenvalue weighted by molar-refractivity contribution is -0.148. The number of hydrogen-bond acceptors (Lipinski definition) is 8. The number of hydrogen-bond donors (Lipinski definition) is 0. The molecule has 2 unspecified atom stereocenters. The zero-order valence-corrected chi connectivity index (χ0v) is 20.6. The van der Waals surface area contributed by atoms with Gasteiger partial charge < -0.3 is 14.3 Å². The van der Waals surface area contributed by atoms with Crippen LogP contribution in [-0.2, 0) is 39.5 Å². The number of methoxy groups -OCH3 is 1. The van der Waals surface area contributed by atoms with E-state index in [1.807, 2.05) is 20.8 Å². The fourth-order valence-corrected chi connectivity index (χ4v) is 4.49. The molecule has 180 valence electrons. The first kappa shape index (κ1) is 28.0. The fraction of sp³-hybridized carbons (Fsp3) is 0.636. The number of Topliss-reactive ketones (excluding diaryl/α,β-unsaturated/α-hetero) is 1. The highest BCUT2D eigenvalue weighted by atomic mass is 35.5. The third-order valence-electron chi connectivity index (χ3n) is 4.97. The van der Waals surface area contributed by atoms with Gasteiger partial charge in [-0.15, -0.1) is 0 Å². The average Bonchev–Trinajstić information content (AvgIpc) is 2.77. The molecule has 0 spiro atoms. The quantitative estimate of drug-likeness (QED) is 0.168. The zero-order chi connectivity index (χ0) is 24.1. The minimum Gasteiger partial charge on any atom is -0.469 e. The van der Waals surface area contributed by atoms with Crippen molar-refractivity contribution in [2.45, 2.75) is 58.1 Å². The molecule has 4 atom stereocenters. The van der Waals surface area contributed by atoms with Crippen LogP contribution in [0, 0.1) is 11.8 Å². The van der Waals surface area contributed by atoms with E-state index in [9.17, 15) is 18.6 Å². The summed E-state index contributed by atoms with van der Waals surface area (Å²) in [5.74, 6) is -2.38. The van der Waals surface area contributed by atoms with Crippen molar-refractivity contribution >= 4 is 45.8 Å². The van der Waals surface area contributed by atoms with Crippen molar-refractivity contribution in [1.82, 2.24) is 0 Å². The van der Waals surface area contributed by atoms with Gasteiger partial charge in [-0.3, -0.25) is 18.6 Å². The van der Waals surface area contributed by atoms with E-state index in [1.165, 1.54) is 18.7 Å². The zero-order valence-electron chi connectivity index (χ0n) is 19.0. The fourth-order valence-electron chi connectivity index (χ4n) is 3.38. The van der Waals surface area contributed by atoms with Gasteiger partial charge in [-0.1, -0.05) is 43.9 Å². The number of oxime groups is 1. The van der Waals surface area contributed by atoms with Crippen molar-refractivity contribution in [2.24, 2.45) is 17.0 Å². The van der Waals surface area contributed by atoms with Crippen LogP contribution in [0.15, 0.2) is 28.6 Å². The number of allylic oxidation sites excluding steroid dienone is 1. The lowest BCUT2D eigenvalue weighted by Crippen LogP contribution is -2.34. The van der Waals surface area contributed by atoms with Crippen LogP contribution in [-0.4, -0.2) is 52.4 Å². The molecule has 0 fully saturated rings. The summed E-state index contributed by atoms with van der Waals surface area (Å²) < 4.78 is 22.2. The van der Waals surface area contributed by atoms with Gasteiger partial charge in [-0.2, -0.15) is 0 Å². The molecule has 1 aliphatic carbocycles. The second-order valence-electron chi connectivity index (χ2n) is 7.40. The van der Waals surface area contributed by atoms with Gasteiger partial charge in [0.05, 0.1) is 25.2 Å². The molecule has 0 aromatic carbocycles. The maximum Gasteiger partial charge on any atom is 0.317 e. The molecule has 0 aliphatic heterocycles. The molecule has 0 saturated carbocycles. The summed E-state index contributed by atoms with van der Waals surface area (Å²) in [7, 11) is 0.208. The van der Waals surface area contributed by atoms with Crippen LogP contribution in [0.2, 0.25) is 0 Å². The van der Waals surface area contributed by atoms with Gasteiger partial charge in [0.25, 0.3) is 0 Å². The standard InChI is InChI=1S/C22H32ClNO7S/c1-5-8-17(24-30-10-7-9-23)13-21(26)31-20-14-18(22(27)29-4)16(12-19(20)25)11-15(3)32(28)6-2/h7,9,14-16,18H,5-6,8,10-13H2,1-4H3/b9-7+,24-17+/t15?,16-,18-,32?/m0/s1. The molecular weight excluding hydrogens is 458 g/mol. The lowest BCUT2D eigenvalue weighted by Gasteiger charge is -2.29. The van der Waals surface area contributed by atoms with Gasteiger partial charge >= 0.3 is 11.9 Å². The van der Waals surface area contributed by atoms with Crippen LogP contribution in [0.3, 0.4) is 0 Å². The van der Waals surface area contributed by atoms with Crippen molar-refractivity contribution in [1.29, 1.82) is 0 Å². The summed E-state index contributed by atoms with van der Waals surface area (Å²) in [6.45, 7) is 5.75. The molecule has 0 heterocycles. The summed E-state index contributed by atoms with van der Waals surface area (Å²) >= 11 is 5.42. The van der Waals surface area contributed by atoms with Gasteiger partial charge in [0.1, 0.15) is 6.61 Å². The number of carbonyl (C=O) groups is 3. The van der Waals surface area contributed by atoms with Crippen LogP contribution in [0.25, 0.3) is 0 Å². The Balaban J connectivity index is 2.93. The van der Waals surface area contributed by atoms with Crippen LogP contribution in [0.1, 0.15) is 52.9 Å². The molecule has 10 heteroatoms. The molecule has 0 aromatic heterocycles. The molecule has 0 amide bonds. The topological polar surface area (TPSA) is 108 Å². The first-order chi connectivity index (χ1) is 15.3. The number of halogens is 1. The van der Waals surface area contributed by atoms with Crippen LogP contribution in [0.4, 0.5) is 0 Å². The van der Waals surface area contributed by atoms with Gasteiger partial charge in [0.2, 0.25) is 0 Å². The third kappa shape index (κ3) is 9.24. The van der Waals surface area contributed by atoms with Crippen molar-refractivity contribution in [2.75, 3.05) is 19.5 Å². The highest BCUT2D eigenvalue weighted by molar-refractivity contribution is 7.85. The van der Waals surface area contributed by atoms with Crippen LogP contribution >= 0.6 is 11.6 Å². The van der Waals surface area contributed by atoms with E-state index in [1.54, 1.807) is 6.08 Å². The Morgan fingerprint density at radius 3 is 2.69 bits per heavy atom. The van der Waals surface area contributed by atoms with E-state index in [0.29, 0.717) is 24.3 Å². The SMILES string of the molecule is CCC/C(CC(=O)OC1=C[C@H](C(=O)OC)[C@@H](CC(C)S(=O)CC)CC1=O)=N\OC/C=C/Cl. The minimum absolute atomic E-state index is 0.00785. The van der Waals surface area contributed by atoms with Crippen LogP contribution < -0.4 is 0 Å². The molecule has 8 nitrogen and oxygen atoms in total. The Hall–Kier alpha value is -2.00. The summed E-state index contributed by atoms with van der Waals surface area (Å²) in [6.07, 6.45) is 4.44. The maximum atomic E-state index is 12.6. The summed E-state index contributed by atoms with van der Waals surface area (Å²) in [5, 5.41) is 3.75. The Bertz CT molecular complexity index is 778. The van der Waals surface area contributed by atoms with Crippen molar-refractivity contribution < 1.29 is 32.9 Å². The number of carbonyl (C=O) groups excluding carboxylic acids is 3. The normalized spacial score (nSPS) is 21.1. The number of nitrogens with zero attached hydrogens (tertiary/aromatic N) is 1. The average molecular weight is 490 g/mol. The molecular formula is C22H32ClNO7S. The Morgan fingerprint density at radius 1 is 1.38 bits per heavy atom. The maximum absolute atomic E-state index is 12.6. The Kier molecular flexibility index (Phi) is 13.1. The molecule has 1 aliphatic rings. The monoisotopic (exact) mass is 489 g/mol. The lowest BCUT2D eigenvalue weighted by atomic mass is 9.79. The largest absolute Gasteiger partial charge is 0.469 e. The second kappa shape index (κ2) is 14.9. The summed E-state index contributed by atoms with van der Waals surface area (Å²) in [5.41, 5.74) is 1.78. The van der Waals surface area contributed by atoms with Crippen molar-refractivity contribution in [3.05, 3.63) is 23.4 Å². The van der Waals surface area contributed by atoms with Crippen molar-refractivity contribution in [3.63, 3.8) is 0 Å². The number of rotatable bonds is 13. The number of ether oxygens (including phenoxy) is 2. The van der Waals surface area contributed by atoms with E-state index < -0.39 is 28.7 Å². The van der Waals surface area contributed by atoms with Gasteiger partial charge in [0, 0.05) is 33.8 Å². The Morgan fingerprint density at radius 2 is 2.09 bits per heavy atom. The van der Waals surface area contributed by atoms with E-state index >= 15 is 0 Å². The molecule has 0 bridgehead atoms. The first-order valence-corrected chi connectivity index (χ1v) is 12.4. The molecule has 0 radical (unpaired) electrons.